The van der Waals surface area contributed by atoms with Crippen LogP contribution in [-0.2, 0) is 11.2 Å². The van der Waals surface area contributed by atoms with E-state index in [1.165, 1.54) is 0 Å². The van der Waals surface area contributed by atoms with E-state index >= 15 is 0 Å². The number of nitrogens with one attached hydrogen (secondary N) is 1. The lowest BCUT2D eigenvalue weighted by Gasteiger charge is -2.23. The van der Waals surface area contributed by atoms with Gasteiger partial charge in [-0.25, -0.2) is 0 Å². The Morgan fingerprint density at radius 3 is 2.74 bits per heavy atom. The van der Waals surface area contributed by atoms with Crippen LogP contribution in [0.25, 0.3) is 0 Å². The Morgan fingerprint density at radius 2 is 2.16 bits per heavy atom. The lowest BCUT2D eigenvalue weighted by atomic mass is 9.94. The van der Waals surface area contributed by atoms with Crippen LogP contribution in [0.2, 0.25) is 5.02 Å². The SMILES string of the molecule is C[C@H](Cc1cccc(Cl)c1)C(=O)NCC(C)(C)CO. The van der Waals surface area contributed by atoms with Crippen molar-refractivity contribution in [3.63, 3.8) is 0 Å². The first-order valence-corrected chi connectivity index (χ1v) is 6.85. The number of aliphatic hydroxyl groups is 1. The van der Waals surface area contributed by atoms with Gasteiger partial charge >= 0.3 is 0 Å². The highest BCUT2D eigenvalue weighted by Gasteiger charge is 2.20. The third-order valence-corrected chi connectivity index (χ3v) is 3.28. The van der Waals surface area contributed by atoms with Crippen molar-refractivity contribution in [2.24, 2.45) is 11.3 Å². The van der Waals surface area contributed by atoms with Gasteiger partial charge in [0.15, 0.2) is 0 Å². The van der Waals surface area contributed by atoms with Crippen LogP contribution in [0.4, 0.5) is 0 Å². The quantitative estimate of drug-likeness (QED) is 0.843. The van der Waals surface area contributed by atoms with E-state index in [1.54, 1.807) is 0 Å². The van der Waals surface area contributed by atoms with Gasteiger partial charge in [0.2, 0.25) is 5.91 Å². The molecule has 1 aromatic rings. The summed E-state index contributed by atoms with van der Waals surface area (Å²) in [6.07, 6.45) is 0.659. The number of aliphatic hydroxyl groups excluding tert-OH is 1. The molecule has 0 saturated heterocycles. The van der Waals surface area contributed by atoms with Gasteiger partial charge in [-0.05, 0) is 24.1 Å². The summed E-state index contributed by atoms with van der Waals surface area (Å²) in [5.41, 5.74) is 0.766. The fraction of sp³-hybridized carbons (Fsp3) is 0.533. The molecular formula is C15H22ClNO2. The highest BCUT2D eigenvalue weighted by molar-refractivity contribution is 6.30. The number of benzene rings is 1. The Morgan fingerprint density at radius 1 is 1.47 bits per heavy atom. The Balaban J connectivity index is 2.49. The molecule has 1 rings (SSSR count). The number of hydrogen-bond donors (Lipinski definition) is 2. The summed E-state index contributed by atoms with van der Waals surface area (Å²) in [5.74, 6) is -0.116. The molecule has 0 unspecified atom stereocenters. The standard InChI is InChI=1S/C15H22ClNO2/c1-11(7-12-5-4-6-13(16)8-12)14(19)17-9-15(2,3)10-18/h4-6,8,11,18H,7,9-10H2,1-3H3,(H,17,19)/t11-/m1/s1. The third-order valence-electron chi connectivity index (χ3n) is 3.05. The van der Waals surface area contributed by atoms with Crippen LogP contribution in [-0.4, -0.2) is 24.2 Å². The van der Waals surface area contributed by atoms with Gasteiger partial charge in [-0.3, -0.25) is 4.79 Å². The van der Waals surface area contributed by atoms with Crippen LogP contribution in [0.5, 0.6) is 0 Å². The van der Waals surface area contributed by atoms with Gasteiger partial charge in [0, 0.05) is 29.5 Å². The Kier molecular flexibility index (Phi) is 5.83. The van der Waals surface area contributed by atoms with Gasteiger partial charge in [0.1, 0.15) is 0 Å². The zero-order valence-corrected chi connectivity index (χ0v) is 12.5. The zero-order chi connectivity index (χ0) is 14.5. The van der Waals surface area contributed by atoms with E-state index in [9.17, 15) is 4.79 Å². The predicted octanol–water partition coefficient (Wildman–Crippen LogP) is 2.65. The molecule has 1 amide bonds. The molecular weight excluding hydrogens is 262 g/mol. The van der Waals surface area contributed by atoms with E-state index in [2.05, 4.69) is 5.32 Å². The van der Waals surface area contributed by atoms with Crippen molar-refractivity contribution >= 4 is 17.5 Å². The maximum absolute atomic E-state index is 12.0. The average Bonchev–Trinajstić information content (AvgIpc) is 2.36. The molecule has 0 aliphatic carbocycles. The van der Waals surface area contributed by atoms with Gasteiger partial charge in [0.25, 0.3) is 0 Å². The van der Waals surface area contributed by atoms with Crippen molar-refractivity contribution in [3.8, 4) is 0 Å². The van der Waals surface area contributed by atoms with Crippen LogP contribution in [0.1, 0.15) is 26.3 Å². The lowest BCUT2D eigenvalue weighted by molar-refractivity contribution is -0.125. The van der Waals surface area contributed by atoms with Crippen molar-refractivity contribution in [2.45, 2.75) is 27.2 Å². The van der Waals surface area contributed by atoms with Crippen molar-refractivity contribution in [1.82, 2.24) is 5.32 Å². The van der Waals surface area contributed by atoms with Gasteiger partial charge in [0.05, 0.1) is 0 Å². The number of halogens is 1. The van der Waals surface area contributed by atoms with Crippen molar-refractivity contribution in [2.75, 3.05) is 13.2 Å². The number of carbonyl (C=O) groups is 1. The molecule has 0 heterocycles. The summed E-state index contributed by atoms with van der Waals surface area (Å²) in [5, 5.41) is 12.7. The topological polar surface area (TPSA) is 49.3 Å². The summed E-state index contributed by atoms with van der Waals surface area (Å²) in [7, 11) is 0. The van der Waals surface area contributed by atoms with Gasteiger partial charge in [-0.2, -0.15) is 0 Å². The smallest absolute Gasteiger partial charge is 0.223 e. The van der Waals surface area contributed by atoms with E-state index in [1.807, 2.05) is 45.0 Å². The van der Waals surface area contributed by atoms with Crippen molar-refractivity contribution in [3.05, 3.63) is 34.9 Å². The minimum atomic E-state index is -0.286. The fourth-order valence-corrected chi connectivity index (χ4v) is 1.88. The molecule has 0 saturated carbocycles. The summed E-state index contributed by atoms with van der Waals surface area (Å²) in [6.45, 7) is 6.24. The van der Waals surface area contributed by atoms with Crippen LogP contribution < -0.4 is 5.32 Å². The maximum Gasteiger partial charge on any atom is 0.223 e. The minimum Gasteiger partial charge on any atom is -0.396 e. The van der Waals surface area contributed by atoms with E-state index in [0.29, 0.717) is 18.0 Å². The van der Waals surface area contributed by atoms with Gasteiger partial charge < -0.3 is 10.4 Å². The predicted molar refractivity (Wildman–Crippen MR) is 78.2 cm³/mol. The lowest BCUT2D eigenvalue weighted by Crippen LogP contribution is -2.39. The molecule has 4 heteroatoms. The molecule has 3 nitrogen and oxygen atoms in total. The first-order chi connectivity index (χ1) is 8.84. The highest BCUT2D eigenvalue weighted by atomic mass is 35.5. The van der Waals surface area contributed by atoms with Crippen LogP contribution >= 0.6 is 11.6 Å². The summed E-state index contributed by atoms with van der Waals surface area (Å²) in [4.78, 5) is 12.0. The molecule has 2 N–H and O–H groups in total. The monoisotopic (exact) mass is 283 g/mol. The molecule has 0 radical (unpaired) electrons. The summed E-state index contributed by atoms with van der Waals surface area (Å²) >= 11 is 5.92. The van der Waals surface area contributed by atoms with E-state index in [-0.39, 0.29) is 23.8 Å². The largest absolute Gasteiger partial charge is 0.396 e. The molecule has 1 aromatic carbocycles. The molecule has 0 aliphatic rings. The molecule has 0 aromatic heterocycles. The first kappa shape index (κ1) is 16.0. The normalized spacial score (nSPS) is 13.1. The van der Waals surface area contributed by atoms with Crippen LogP contribution in [0.15, 0.2) is 24.3 Å². The molecule has 106 valence electrons. The zero-order valence-electron chi connectivity index (χ0n) is 11.7. The van der Waals surface area contributed by atoms with E-state index in [4.69, 9.17) is 16.7 Å². The summed E-state index contributed by atoms with van der Waals surface area (Å²) in [6, 6.07) is 7.55. The molecule has 0 spiro atoms. The second kappa shape index (κ2) is 6.92. The second-order valence-corrected chi connectivity index (χ2v) is 6.21. The fourth-order valence-electron chi connectivity index (χ4n) is 1.67. The molecule has 0 aliphatic heterocycles. The number of carbonyl (C=O) groups excluding carboxylic acids is 1. The van der Waals surface area contributed by atoms with E-state index < -0.39 is 0 Å². The van der Waals surface area contributed by atoms with E-state index in [0.717, 1.165) is 5.56 Å². The Labute approximate surface area is 120 Å². The van der Waals surface area contributed by atoms with Gasteiger partial charge in [-0.15, -0.1) is 0 Å². The highest BCUT2D eigenvalue weighted by Crippen LogP contribution is 2.15. The molecule has 0 fully saturated rings. The molecule has 19 heavy (non-hydrogen) atoms. The van der Waals surface area contributed by atoms with Crippen LogP contribution in [0.3, 0.4) is 0 Å². The van der Waals surface area contributed by atoms with Crippen molar-refractivity contribution < 1.29 is 9.90 Å². The molecule has 1 atom stereocenters. The minimum absolute atomic E-state index is 0.00139. The number of amides is 1. The second-order valence-electron chi connectivity index (χ2n) is 5.78. The van der Waals surface area contributed by atoms with Gasteiger partial charge in [-0.1, -0.05) is 44.5 Å². The Bertz CT molecular complexity index is 432. The average molecular weight is 284 g/mol. The van der Waals surface area contributed by atoms with Crippen molar-refractivity contribution in [1.29, 1.82) is 0 Å². The van der Waals surface area contributed by atoms with Crippen LogP contribution in [0, 0.1) is 11.3 Å². The molecule has 0 bridgehead atoms. The first-order valence-electron chi connectivity index (χ1n) is 6.47. The number of hydrogen-bond acceptors (Lipinski definition) is 2. The Hall–Kier alpha value is -1.06. The summed E-state index contributed by atoms with van der Waals surface area (Å²) < 4.78 is 0. The number of rotatable bonds is 6. The third kappa shape index (κ3) is 5.62. The maximum atomic E-state index is 12.0.